The lowest BCUT2D eigenvalue weighted by atomic mass is 10.1. The van der Waals surface area contributed by atoms with Crippen molar-refractivity contribution < 1.29 is 12.8 Å². The van der Waals surface area contributed by atoms with Crippen molar-refractivity contribution in [2.45, 2.75) is 11.8 Å². The molecule has 3 aromatic rings. The van der Waals surface area contributed by atoms with Gasteiger partial charge in [-0.25, -0.2) is 12.8 Å². The summed E-state index contributed by atoms with van der Waals surface area (Å²) in [6, 6.07) is 16.9. The number of aromatic nitrogens is 2. The summed E-state index contributed by atoms with van der Waals surface area (Å²) in [7, 11) is -3.71. The fraction of sp³-hybridized carbons (Fsp3) is 0.238. The van der Waals surface area contributed by atoms with Crippen LogP contribution in [0.3, 0.4) is 0 Å². The Kier molecular flexibility index (Phi) is 5.29. The third-order valence-electron chi connectivity index (χ3n) is 5.07. The molecule has 4 rings (SSSR count). The molecule has 0 radical (unpaired) electrons. The molecule has 0 saturated carbocycles. The van der Waals surface area contributed by atoms with Crippen LogP contribution in [0.15, 0.2) is 65.6 Å². The number of nitrogens with zero attached hydrogens (tertiary/aromatic N) is 4. The molecule has 6 nitrogen and oxygen atoms in total. The fourth-order valence-corrected chi connectivity index (χ4v) is 4.89. The summed E-state index contributed by atoms with van der Waals surface area (Å²) >= 11 is 0. The molecule has 0 amide bonds. The Labute approximate surface area is 169 Å². The van der Waals surface area contributed by atoms with Crippen LogP contribution in [0, 0.1) is 12.7 Å². The van der Waals surface area contributed by atoms with Crippen molar-refractivity contribution in [3.63, 3.8) is 0 Å². The number of piperazine rings is 1. The number of rotatable bonds is 4. The Bertz CT molecular complexity index is 1110. The lowest BCUT2D eigenvalue weighted by Crippen LogP contribution is -2.49. The molecule has 0 spiro atoms. The molecule has 1 aromatic heterocycles. The second-order valence-corrected chi connectivity index (χ2v) is 8.88. The third-order valence-corrected chi connectivity index (χ3v) is 6.96. The molecule has 1 fully saturated rings. The Morgan fingerprint density at radius 3 is 2.31 bits per heavy atom. The highest BCUT2D eigenvalue weighted by molar-refractivity contribution is 7.89. The summed E-state index contributed by atoms with van der Waals surface area (Å²) in [6.45, 7) is 3.63. The van der Waals surface area contributed by atoms with Gasteiger partial charge >= 0.3 is 0 Å². The lowest BCUT2D eigenvalue weighted by molar-refractivity contribution is 0.383. The second-order valence-electron chi connectivity index (χ2n) is 6.94. The minimum Gasteiger partial charge on any atom is -0.352 e. The molecule has 1 aliphatic rings. The quantitative estimate of drug-likeness (QED) is 0.659. The molecule has 0 aliphatic carbocycles. The van der Waals surface area contributed by atoms with Crippen LogP contribution in [-0.4, -0.2) is 49.1 Å². The molecule has 29 heavy (non-hydrogen) atoms. The van der Waals surface area contributed by atoms with Crippen LogP contribution in [0.1, 0.15) is 5.56 Å². The van der Waals surface area contributed by atoms with Crippen molar-refractivity contribution in [3.05, 3.63) is 72.0 Å². The molecular formula is C21H21FN4O2S. The van der Waals surface area contributed by atoms with Gasteiger partial charge in [-0.3, -0.25) is 0 Å². The monoisotopic (exact) mass is 412 g/mol. The standard InChI is InChI=1S/C21H21FN4O2S/c1-16-5-2-3-8-19(16)20-9-10-21(24-23-20)25-11-13-26(14-12-25)29(27,28)18-7-4-6-17(22)15-18/h2-10,15H,11-14H2,1H3. The van der Waals surface area contributed by atoms with E-state index in [2.05, 4.69) is 10.2 Å². The number of hydrogen-bond acceptors (Lipinski definition) is 5. The predicted octanol–water partition coefficient (Wildman–Crippen LogP) is 3.10. The van der Waals surface area contributed by atoms with Gasteiger partial charge < -0.3 is 4.90 Å². The van der Waals surface area contributed by atoms with Gasteiger partial charge in [0.15, 0.2) is 5.82 Å². The van der Waals surface area contributed by atoms with E-state index in [-0.39, 0.29) is 4.90 Å². The van der Waals surface area contributed by atoms with Crippen molar-refractivity contribution in [3.8, 4) is 11.3 Å². The molecule has 2 aromatic carbocycles. The third kappa shape index (κ3) is 3.99. The fourth-order valence-electron chi connectivity index (χ4n) is 3.43. The summed E-state index contributed by atoms with van der Waals surface area (Å²) < 4.78 is 40.3. The first-order valence-corrected chi connectivity index (χ1v) is 10.8. The highest BCUT2D eigenvalue weighted by atomic mass is 32.2. The summed E-state index contributed by atoms with van der Waals surface area (Å²) in [6.07, 6.45) is 0. The van der Waals surface area contributed by atoms with Crippen LogP contribution in [0.2, 0.25) is 0 Å². The van der Waals surface area contributed by atoms with E-state index in [1.54, 1.807) is 0 Å². The smallest absolute Gasteiger partial charge is 0.243 e. The SMILES string of the molecule is Cc1ccccc1-c1ccc(N2CCN(S(=O)(=O)c3cccc(F)c3)CC2)nn1. The van der Waals surface area contributed by atoms with Crippen LogP contribution >= 0.6 is 0 Å². The van der Waals surface area contributed by atoms with Gasteiger partial charge in [0.05, 0.1) is 10.6 Å². The molecule has 150 valence electrons. The van der Waals surface area contributed by atoms with Crippen LogP contribution in [0.25, 0.3) is 11.3 Å². The Morgan fingerprint density at radius 1 is 0.897 bits per heavy atom. The van der Waals surface area contributed by atoms with Gasteiger partial charge in [0, 0.05) is 31.7 Å². The van der Waals surface area contributed by atoms with E-state index in [0.29, 0.717) is 32.0 Å². The first-order valence-electron chi connectivity index (χ1n) is 9.35. The average molecular weight is 412 g/mol. The predicted molar refractivity (Wildman–Crippen MR) is 110 cm³/mol. The Hall–Kier alpha value is -2.84. The zero-order valence-electron chi connectivity index (χ0n) is 16.0. The number of halogens is 1. The normalized spacial score (nSPS) is 15.4. The van der Waals surface area contributed by atoms with Crippen molar-refractivity contribution in [2.75, 3.05) is 31.1 Å². The Balaban J connectivity index is 1.45. The molecule has 0 bridgehead atoms. The molecule has 0 unspecified atom stereocenters. The van der Waals surface area contributed by atoms with E-state index >= 15 is 0 Å². The minimum atomic E-state index is -3.71. The molecule has 2 heterocycles. The Morgan fingerprint density at radius 2 is 1.66 bits per heavy atom. The van der Waals surface area contributed by atoms with Gasteiger partial charge in [-0.15, -0.1) is 10.2 Å². The first-order chi connectivity index (χ1) is 13.9. The highest BCUT2D eigenvalue weighted by Gasteiger charge is 2.29. The zero-order valence-corrected chi connectivity index (χ0v) is 16.8. The van der Waals surface area contributed by atoms with Crippen molar-refractivity contribution in [1.29, 1.82) is 0 Å². The molecule has 0 atom stereocenters. The number of hydrogen-bond donors (Lipinski definition) is 0. The van der Waals surface area contributed by atoms with Gasteiger partial charge in [0.1, 0.15) is 5.82 Å². The van der Waals surface area contributed by atoms with Crippen LogP contribution < -0.4 is 4.90 Å². The molecule has 1 saturated heterocycles. The van der Waals surface area contributed by atoms with Gasteiger partial charge in [0.2, 0.25) is 10.0 Å². The molecule has 8 heteroatoms. The van der Waals surface area contributed by atoms with Crippen molar-refractivity contribution in [1.82, 2.24) is 14.5 Å². The number of anilines is 1. The maximum absolute atomic E-state index is 13.4. The summed E-state index contributed by atoms with van der Waals surface area (Å²) in [5, 5.41) is 8.68. The van der Waals surface area contributed by atoms with Crippen molar-refractivity contribution in [2.24, 2.45) is 0 Å². The maximum atomic E-state index is 13.4. The van der Waals surface area contributed by atoms with Crippen LogP contribution in [0.5, 0.6) is 0 Å². The van der Waals surface area contributed by atoms with E-state index in [9.17, 15) is 12.8 Å². The van der Waals surface area contributed by atoms with Crippen LogP contribution in [-0.2, 0) is 10.0 Å². The largest absolute Gasteiger partial charge is 0.352 e. The molecule has 1 aliphatic heterocycles. The second kappa shape index (κ2) is 7.88. The number of aryl methyl sites for hydroxylation is 1. The topological polar surface area (TPSA) is 66.4 Å². The van der Waals surface area contributed by atoms with E-state index in [1.165, 1.54) is 22.5 Å². The van der Waals surface area contributed by atoms with Gasteiger partial charge in [0.25, 0.3) is 0 Å². The average Bonchev–Trinajstić information content (AvgIpc) is 2.74. The van der Waals surface area contributed by atoms with E-state index < -0.39 is 15.8 Å². The maximum Gasteiger partial charge on any atom is 0.243 e. The van der Waals surface area contributed by atoms with E-state index in [4.69, 9.17) is 0 Å². The van der Waals surface area contributed by atoms with E-state index in [0.717, 1.165) is 22.9 Å². The lowest BCUT2D eigenvalue weighted by Gasteiger charge is -2.34. The molecule has 0 N–H and O–H groups in total. The highest BCUT2D eigenvalue weighted by Crippen LogP contribution is 2.23. The summed E-state index contributed by atoms with van der Waals surface area (Å²) in [4.78, 5) is 1.99. The zero-order chi connectivity index (χ0) is 20.4. The van der Waals surface area contributed by atoms with Crippen LogP contribution in [0.4, 0.5) is 10.2 Å². The molecular weight excluding hydrogens is 391 g/mol. The van der Waals surface area contributed by atoms with E-state index in [1.807, 2.05) is 48.2 Å². The summed E-state index contributed by atoms with van der Waals surface area (Å²) in [5.74, 6) is 0.152. The first kappa shape index (κ1) is 19.5. The number of benzene rings is 2. The van der Waals surface area contributed by atoms with Crippen molar-refractivity contribution >= 4 is 15.8 Å². The number of sulfonamides is 1. The van der Waals surface area contributed by atoms with Gasteiger partial charge in [-0.1, -0.05) is 30.3 Å². The minimum absolute atomic E-state index is 0.0201. The van der Waals surface area contributed by atoms with Gasteiger partial charge in [-0.2, -0.15) is 4.31 Å². The summed E-state index contributed by atoms with van der Waals surface area (Å²) in [5.41, 5.74) is 2.97. The van der Waals surface area contributed by atoms with Gasteiger partial charge in [-0.05, 0) is 42.8 Å².